The van der Waals surface area contributed by atoms with E-state index in [2.05, 4.69) is 10.6 Å². The third-order valence-electron chi connectivity index (χ3n) is 4.37. The van der Waals surface area contributed by atoms with Gasteiger partial charge in [0, 0.05) is 13.1 Å². The van der Waals surface area contributed by atoms with Gasteiger partial charge in [-0.25, -0.2) is 0 Å². The molecule has 2 amide bonds. The van der Waals surface area contributed by atoms with Crippen molar-refractivity contribution in [1.82, 2.24) is 10.6 Å². The first-order valence-corrected chi connectivity index (χ1v) is 6.87. The normalized spacial score (nSPS) is 25.3. The summed E-state index contributed by atoms with van der Waals surface area (Å²) in [6.45, 7) is 8.78. The molecule has 0 aromatic heterocycles. The maximum atomic E-state index is 12.2. The fourth-order valence-corrected chi connectivity index (χ4v) is 2.02. The molecular weight excluding hydrogens is 228 g/mol. The lowest BCUT2D eigenvalue weighted by Gasteiger charge is -2.39. The monoisotopic (exact) mass is 254 g/mol. The third-order valence-corrected chi connectivity index (χ3v) is 4.37. The van der Waals surface area contributed by atoms with Crippen LogP contribution in [-0.4, -0.2) is 24.9 Å². The lowest BCUT2D eigenvalue weighted by atomic mass is 9.66. The zero-order valence-corrected chi connectivity index (χ0v) is 12.1. The Morgan fingerprint density at radius 2 is 1.06 bits per heavy atom. The van der Waals surface area contributed by atoms with E-state index < -0.39 is 10.8 Å². The van der Waals surface area contributed by atoms with E-state index in [1.54, 1.807) is 0 Å². The average molecular weight is 254 g/mol. The molecule has 1 aliphatic heterocycles. The van der Waals surface area contributed by atoms with Crippen LogP contribution in [0.1, 0.15) is 53.4 Å². The van der Waals surface area contributed by atoms with Gasteiger partial charge in [-0.3, -0.25) is 9.59 Å². The Kier molecular flexibility index (Phi) is 4.77. The summed E-state index contributed by atoms with van der Waals surface area (Å²) in [5, 5.41) is 5.90. The third kappa shape index (κ3) is 3.03. The van der Waals surface area contributed by atoms with Gasteiger partial charge in [0.05, 0.1) is 10.8 Å². The van der Waals surface area contributed by atoms with Crippen molar-refractivity contribution in [2.75, 3.05) is 13.1 Å². The van der Waals surface area contributed by atoms with Crippen molar-refractivity contribution in [1.29, 1.82) is 0 Å². The SMILES string of the molecule is CC1(C)C(=O)NCCCCCCNC(=O)C1(C)C. The Bertz CT molecular complexity index is 290. The molecule has 1 heterocycles. The second-order valence-corrected chi connectivity index (χ2v) is 6.18. The molecule has 0 aromatic carbocycles. The van der Waals surface area contributed by atoms with Gasteiger partial charge in [-0.05, 0) is 12.8 Å². The first-order chi connectivity index (χ1) is 8.30. The maximum Gasteiger partial charge on any atom is 0.226 e. The van der Waals surface area contributed by atoms with Crippen LogP contribution in [-0.2, 0) is 9.59 Å². The first-order valence-electron chi connectivity index (χ1n) is 6.87. The lowest BCUT2D eigenvalue weighted by molar-refractivity contribution is -0.147. The molecule has 1 rings (SSSR count). The maximum absolute atomic E-state index is 12.2. The van der Waals surface area contributed by atoms with Gasteiger partial charge in [0.2, 0.25) is 11.8 Å². The summed E-state index contributed by atoms with van der Waals surface area (Å²) in [4.78, 5) is 24.4. The van der Waals surface area contributed by atoms with Crippen molar-refractivity contribution in [2.24, 2.45) is 10.8 Å². The zero-order chi connectivity index (χ0) is 13.8. The van der Waals surface area contributed by atoms with Crippen LogP contribution in [0.2, 0.25) is 0 Å². The van der Waals surface area contributed by atoms with Crippen LogP contribution < -0.4 is 10.6 Å². The number of nitrogens with one attached hydrogen (secondary N) is 2. The molecule has 0 aromatic rings. The second kappa shape index (κ2) is 5.72. The topological polar surface area (TPSA) is 58.2 Å². The molecule has 1 saturated heterocycles. The van der Waals surface area contributed by atoms with Crippen LogP contribution in [0.3, 0.4) is 0 Å². The summed E-state index contributed by atoms with van der Waals surface area (Å²) < 4.78 is 0. The van der Waals surface area contributed by atoms with Crippen LogP contribution in [0, 0.1) is 10.8 Å². The standard InChI is InChI=1S/C14H26N2O2/c1-13(2)11(17)15-9-7-5-6-8-10-16-12(18)14(13,3)4/h5-10H2,1-4H3,(H,15,17)(H,16,18). The van der Waals surface area contributed by atoms with E-state index in [4.69, 9.17) is 0 Å². The van der Waals surface area contributed by atoms with E-state index in [9.17, 15) is 9.59 Å². The van der Waals surface area contributed by atoms with Gasteiger partial charge in [-0.1, -0.05) is 40.5 Å². The van der Waals surface area contributed by atoms with Crippen molar-refractivity contribution in [2.45, 2.75) is 53.4 Å². The van der Waals surface area contributed by atoms with Gasteiger partial charge in [-0.2, -0.15) is 0 Å². The summed E-state index contributed by atoms with van der Waals surface area (Å²) >= 11 is 0. The molecule has 1 aliphatic rings. The molecule has 2 N–H and O–H groups in total. The van der Waals surface area contributed by atoms with E-state index in [1.807, 2.05) is 27.7 Å². The lowest BCUT2D eigenvalue weighted by Crippen LogP contribution is -2.53. The van der Waals surface area contributed by atoms with Crippen LogP contribution in [0.25, 0.3) is 0 Å². The predicted molar refractivity (Wildman–Crippen MR) is 72.0 cm³/mol. The highest BCUT2D eigenvalue weighted by Gasteiger charge is 2.47. The predicted octanol–water partition coefficient (Wildman–Crippen LogP) is 1.85. The number of hydrogen-bond donors (Lipinski definition) is 2. The summed E-state index contributed by atoms with van der Waals surface area (Å²) in [7, 11) is 0. The molecule has 0 aliphatic carbocycles. The average Bonchev–Trinajstić information content (AvgIpc) is 2.30. The highest BCUT2D eigenvalue weighted by atomic mass is 16.2. The van der Waals surface area contributed by atoms with Gasteiger partial charge in [0.1, 0.15) is 0 Å². The Balaban J connectivity index is 2.88. The molecule has 0 saturated carbocycles. The summed E-state index contributed by atoms with van der Waals surface area (Å²) in [5.41, 5.74) is -1.42. The van der Waals surface area contributed by atoms with E-state index >= 15 is 0 Å². The van der Waals surface area contributed by atoms with Crippen molar-refractivity contribution >= 4 is 11.8 Å². The van der Waals surface area contributed by atoms with E-state index in [1.165, 1.54) is 0 Å². The van der Waals surface area contributed by atoms with E-state index in [0.29, 0.717) is 13.1 Å². The minimum Gasteiger partial charge on any atom is -0.356 e. The molecular formula is C14H26N2O2. The van der Waals surface area contributed by atoms with Gasteiger partial charge in [0.15, 0.2) is 0 Å². The number of carbonyl (C=O) groups is 2. The van der Waals surface area contributed by atoms with Crippen molar-refractivity contribution in [3.63, 3.8) is 0 Å². The van der Waals surface area contributed by atoms with Crippen LogP contribution in [0.4, 0.5) is 0 Å². The highest BCUT2D eigenvalue weighted by molar-refractivity contribution is 5.92. The van der Waals surface area contributed by atoms with E-state index in [0.717, 1.165) is 25.7 Å². The molecule has 0 atom stereocenters. The Hall–Kier alpha value is -1.06. The zero-order valence-electron chi connectivity index (χ0n) is 12.1. The first kappa shape index (κ1) is 15.0. The van der Waals surface area contributed by atoms with Gasteiger partial charge in [-0.15, -0.1) is 0 Å². The van der Waals surface area contributed by atoms with Gasteiger partial charge in [0.25, 0.3) is 0 Å². The minimum atomic E-state index is -0.712. The summed E-state index contributed by atoms with van der Waals surface area (Å²) in [5.74, 6) is -0.0774. The largest absolute Gasteiger partial charge is 0.356 e. The number of carbonyl (C=O) groups excluding carboxylic acids is 2. The number of rotatable bonds is 0. The highest BCUT2D eigenvalue weighted by Crippen LogP contribution is 2.39. The molecule has 18 heavy (non-hydrogen) atoms. The molecule has 0 unspecified atom stereocenters. The Morgan fingerprint density at radius 3 is 1.39 bits per heavy atom. The molecule has 104 valence electrons. The number of amides is 2. The van der Waals surface area contributed by atoms with Gasteiger partial charge >= 0.3 is 0 Å². The second-order valence-electron chi connectivity index (χ2n) is 6.18. The fraction of sp³-hybridized carbons (Fsp3) is 0.857. The van der Waals surface area contributed by atoms with Crippen molar-refractivity contribution < 1.29 is 9.59 Å². The van der Waals surface area contributed by atoms with Crippen LogP contribution >= 0.6 is 0 Å². The molecule has 0 bridgehead atoms. The molecule has 1 fully saturated rings. The molecule has 4 nitrogen and oxygen atoms in total. The quantitative estimate of drug-likeness (QED) is 0.693. The minimum absolute atomic E-state index is 0.0387. The Labute approximate surface area is 110 Å². The van der Waals surface area contributed by atoms with E-state index in [-0.39, 0.29) is 11.8 Å². The Morgan fingerprint density at radius 1 is 0.722 bits per heavy atom. The molecule has 0 spiro atoms. The van der Waals surface area contributed by atoms with Crippen molar-refractivity contribution in [3.8, 4) is 0 Å². The van der Waals surface area contributed by atoms with Crippen LogP contribution in [0.15, 0.2) is 0 Å². The van der Waals surface area contributed by atoms with Gasteiger partial charge < -0.3 is 10.6 Å². The fourth-order valence-electron chi connectivity index (χ4n) is 2.02. The van der Waals surface area contributed by atoms with Crippen LogP contribution in [0.5, 0.6) is 0 Å². The summed E-state index contributed by atoms with van der Waals surface area (Å²) in [6.07, 6.45) is 4.21. The van der Waals surface area contributed by atoms with Crippen molar-refractivity contribution in [3.05, 3.63) is 0 Å². The number of hydrogen-bond acceptors (Lipinski definition) is 2. The smallest absolute Gasteiger partial charge is 0.226 e. The molecule has 4 heteroatoms. The molecule has 0 radical (unpaired) electrons. The summed E-state index contributed by atoms with van der Waals surface area (Å²) in [6, 6.07) is 0.